The molecule has 0 saturated heterocycles. The molecular formula is C21H20N3O5P. The van der Waals surface area contributed by atoms with Crippen LogP contribution in [0.4, 0.5) is 5.82 Å². The van der Waals surface area contributed by atoms with Gasteiger partial charge in [0.1, 0.15) is 12.8 Å². The van der Waals surface area contributed by atoms with E-state index in [-0.39, 0.29) is 5.82 Å². The topological polar surface area (TPSA) is 122 Å². The summed E-state index contributed by atoms with van der Waals surface area (Å²) >= 11 is 0. The zero-order chi connectivity index (χ0) is 21.4. The van der Waals surface area contributed by atoms with Gasteiger partial charge in [0.2, 0.25) is 5.88 Å². The SMILES string of the molecule is Nc1ccc(C#CCc2ccc(COc3ccccn3)cc2)c[n+]1COP(=O)([O-])O. The maximum absolute atomic E-state index is 10.7. The summed E-state index contributed by atoms with van der Waals surface area (Å²) in [4.78, 5) is 23.6. The van der Waals surface area contributed by atoms with Gasteiger partial charge in [0.15, 0.2) is 6.73 Å². The van der Waals surface area contributed by atoms with Crippen molar-refractivity contribution in [3.8, 4) is 17.7 Å². The molecule has 0 aliphatic carbocycles. The summed E-state index contributed by atoms with van der Waals surface area (Å²) in [5, 5.41) is 0. The predicted octanol–water partition coefficient (Wildman–Crippen LogP) is 1.56. The monoisotopic (exact) mass is 425 g/mol. The number of phosphoric acid groups is 1. The molecule has 8 nitrogen and oxygen atoms in total. The molecule has 1 unspecified atom stereocenters. The quantitative estimate of drug-likeness (QED) is 0.335. The van der Waals surface area contributed by atoms with Gasteiger partial charge in [-0.2, -0.15) is 0 Å². The highest BCUT2D eigenvalue weighted by Gasteiger charge is 2.09. The van der Waals surface area contributed by atoms with Gasteiger partial charge in [0.25, 0.3) is 13.6 Å². The number of hydrogen-bond acceptors (Lipinski definition) is 6. The van der Waals surface area contributed by atoms with Crippen LogP contribution >= 0.6 is 7.82 Å². The molecule has 0 radical (unpaired) electrons. The molecule has 0 bridgehead atoms. The number of rotatable bonds is 7. The number of hydrogen-bond donors (Lipinski definition) is 2. The summed E-state index contributed by atoms with van der Waals surface area (Å²) in [5.41, 5.74) is 8.46. The van der Waals surface area contributed by atoms with Crippen molar-refractivity contribution in [2.45, 2.75) is 19.8 Å². The van der Waals surface area contributed by atoms with Gasteiger partial charge in [-0.15, -0.1) is 0 Å². The molecule has 0 aliphatic rings. The van der Waals surface area contributed by atoms with Gasteiger partial charge in [0.05, 0.1) is 5.56 Å². The van der Waals surface area contributed by atoms with Gasteiger partial charge in [-0.05, 0) is 23.3 Å². The summed E-state index contributed by atoms with van der Waals surface area (Å²) in [7, 11) is -4.83. The molecule has 2 heterocycles. The molecule has 0 spiro atoms. The first-order chi connectivity index (χ1) is 14.4. The lowest BCUT2D eigenvalue weighted by atomic mass is 10.1. The highest BCUT2D eigenvalue weighted by Crippen LogP contribution is 2.29. The number of nitrogens with two attached hydrogens (primary N) is 1. The standard InChI is InChI=1S/C21H20N3O5P/c22-20-12-11-18(14-24(20)16-29-30(25,26)27)5-3-4-17-7-9-19(10-8-17)15-28-21-6-1-2-13-23-21/h1-2,6-14,22H,4,15-16H2,(H2,25,26,27). The molecule has 9 heteroatoms. The van der Waals surface area contributed by atoms with Crippen molar-refractivity contribution in [3.63, 3.8) is 0 Å². The number of nitrogen functional groups attached to an aromatic ring is 1. The summed E-state index contributed by atoms with van der Waals surface area (Å²) in [5.74, 6) is 6.91. The number of nitrogens with zero attached hydrogens (tertiary/aromatic N) is 2. The van der Waals surface area contributed by atoms with Crippen molar-refractivity contribution in [2.24, 2.45) is 0 Å². The maximum atomic E-state index is 10.7. The van der Waals surface area contributed by atoms with Gasteiger partial charge in [-0.25, -0.2) is 9.55 Å². The van der Waals surface area contributed by atoms with Gasteiger partial charge in [-0.3, -0.25) is 14.8 Å². The number of ether oxygens (including phenoxy) is 1. The van der Waals surface area contributed by atoms with E-state index in [1.165, 1.54) is 4.57 Å². The van der Waals surface area contributed by atoms with Crippen molar-refractivity contribution < 1.29 is 28.2 Å². The first kappa shape index (κ1) is 21.5. The minimum Gasteiger partial charge on any atom is -0.756 e. The van der Waals surface area contributed by atoms with Crippen molar-refractivity contribution in [2.75, 3.05) is 5.73 Å². The molecule has 0 fully saturated rings. The highest BCUT2D eigenvalue weighted by atomic mass is 31.2. The number of benzene rings is 1. The van der Waals surface area contributed by atoms with Crippen LogP contribution in [0, 0.1) is 11.8 Å². The number of anilines is 1. The Kier molecular flexibility index (Phi) is 7.17. The minimum absolute atomic E-state index is 0.275. The van der Waals surface area contributed by atoms with E-state index in [9.17, 15) is 9.46 Å². The Bertz CT molecular complexity index is 1090. The minimum atomic E-state index is -4.83. The molecule has 3 aromatic rings. The zero-order valence-electron chi connectivity index (χ0n) is 16.0. The fourth-order valence-electron chi connectivity index (χ4n) is 2.47. The second-order valence-electron chi connectivity index (χ2n) is 6.29. The summed E-state index contributed by atoms with van der Waals surface area (Å²) in [6, 6.07) is 16.7. The van der Waals surface area contributed by atoms with Crippen LogP contribution in [0.2, 0.25) is 0 Å². The molecule has 1 aromatic carbocycles. The van der Waals surface area contributed by atoms with Crippen LogP contribution in [0.15, 0.2) is 67.0 Å². The first-order valence-corrected chi connectivity index (χ1v) is 10.5. The summed E-state index contributed by atoms with van der Waals surface area (Å²) in [6.45, 7) is 0.00127. The Balaban J connectivity index is 1.56. The number of aromatic nitrogens is 2. The van der Waals surface area contributed by atoms with E-state index < -0.39 is 14.6 Å². The molecule has 0 amide bonds. The van der Waals surface area contributed by atoms with Crippen LogP contribution in [0.3, 0.4) is 0 Å². The third kappa shape index (κ3) is 6.99. The second-order valence-corrected chi connectivity index (χ2v) is 7.49. The van der Waals surface area contributed by atoms with Crippen LogP contribution < -0.4 is 19.9 Å². The van der Waals surface area contributed by atoms with Gasteiger partial charge in [0, 0.05) is 24.8 Å². The van der Waals surface area contributed by atoms with Gasteiger partial charge in [-0.1, -0.05) is 42.2 Å². The predicted molar refractivity (Wildman–Crippen MR) is 108 cm³/mol. The summed E-state index contributed by atoms with van der Waals surface area (Å²) in [6.07, 6.45) is 3.77. The van der Waals surface area contributed by atoms with E-state index in [0.29, 0.717) is 24.5 Å². The van der Waals surface area contributed by atoms with Crippen molar-refractivity contribution in [3.05, 3.63) is 83.7 Å². The zero-order valence-corrected chi connectivity index (χ0v) is 16.9. The van der Waals surface area contributed by atoms with E-state index >= 15 is 0 Å². The van der Waals surface area contributed by atoms with Crippen molar-refractivity contribution in [1.82, 2.24) is 4.98 Å². The Labute approximate surface area is 174 Å². The van der Waals surface area contributed by atoms with Crippen LogP contribution in [0.1, 0.15) is 16.7 Å². The van der Waals surface area contributed by atoms with Crippen LogP contribution in [-0.4, -0.2) is 9.88 Å². The summed E-state index contributed by atoms with van der Waals surface area (Å²) < 4.78 is 22.0. The molecule has 30 heavy (non-hydrogen) atoms. The third-order valence-electron chi connectivity index (χ3n) is 3.99. The third-order valence-corrected chi connectivity index (χ3v) is 4.43. The van der Waals surface area contributed by atoms with E-state index in [1.807, 2.05) is 36.4 Å². The van der Waals surface area contributed by atoms with Crippen molar-refractivity contribution in [1.29, 1.82) is 0 Å². The second kappa shape index (κ2) is 10.0. The smallest absolute Gasteiger partial charge is 0.274 e. The largest absolute Gasteiger partial charge is 0.756 e. The Morgan fingerprint density at radius 3 is 2.60 bits per heavy atom. The lowest BCUT2D eigenvalue weighted by Gasteiger charge is -2.14. The van der Waals surface area contributed by atoms with Gasteiger partial charge >= 0.3 is 0 Å². The van der Waals surface area contributed by atoms with E-state index in [4.69, 9.17) is 15.4 Å². The number of phosphoric ester groups is 1. The Morgan fingerprint density at radius 2 is 1.90 bits per heavy atom. The van der Waals surface area contributed by atoms with Crippen LogP contribution in [-0.2, 0) is 28.8 Å². The fourth-order valence-corrected chi connectivity index (χ4v) is 2.74. The fraction of sp³-hybridized carbons (Fsp3) is 0.143. The van der Waals surface area contributed by atoms with E-state index in [2.05, 4.69) is 21.3 Å². The average molecular weight is 425 g/mol. The normalized spacial score (nSPS) is 12.5. The lowest BCUT2D eigenvalue weighted by molar-refractivity contribution is -0.713. The molecule has 0 aliphatic heterocycles. The van der Waals surface area contributed by atoms with Crippen molar-refractivity contribution >= 4 is 13.6 Å². The van der Waals surface area contributed by atoms with E-state index in [0.717, 1.165) is 11.1 Å². The molecule has 3 rings (SSSR count). The van der Waals surface area contributed by atoms with Crippen LogP contribution in [0.5, 0.6) is 5.88 Å². The van der Waals surface area contributed by atoms with Crippen LogP contribution in [0.25, 0.3) is 0 Å². The first-order valence-electron chi connectivity index (χ1n) is 8.97. The number of pyridine rings is 2. The van der Waals surface area contributed by atoms with E-state index in [1.54, 1.807) is 30.6 Å². The lowest BCUT2D eigenvalue weighted by Crippen LogP contribution is -2.38. The highest BCUT2D eigenvalue weighted by molar-refractivity contribution is 7.44. The molecular weight excluding hydrogens is 405 g/mol. The molecule has 2 aromatic heterocycles. The maximum Gasteiger partial charge on any atom is 0.274 e. The molecule has 154 valence electrons. The Hall–Kier alpha value is -3.21. The average Bonchev–Trinajstić information content (AvgIpc) is 2.73. The molecule has 3 N–H and O–H groups in total. The molecule has 1 atom stereocenters. The Morgan fingerprint density at radius 1 is 1.13 bits per heavy atom. The van der Waals surface area contributed by atoms with Gasteiger partial charge < -0.3 is 14.5 Å². The molecule has 0 saturated carbocycles.